The Bertz CT molecular complexity index is 989. The van der Waals surface area contributed by atoms with Crippen LogP contribution in [-0.4, -0.2) is 33.9 Å². The van der Waals surface area contributed by atoms with E-state index in [-0.39, 0.29) is 27.1 Å². The fourth-order valence-corrected chi connectivity index (χ4v) is 4.06. The molecule has 0 unspecified atom stereocenters. The molecule has 142 valence electrons. The van der Waals surface area contributed by atoms with Gasteiger partial charge in [0.1, 0.15) is 0 Å². The van der Waals surface area contributed by atoms with Gasteiger partial charge in [0, 0.05) is 23.7 Å². The molecule has 7 nitrogen and oxygen atoms in total. The first kappa shape index (κ1) is 19.2. The first-order chi connectivity index (χ1) is 12.8. The summed E-state index contributed by atoms with van der Waals surface area (Å²) in [5.41, 5.74) is 0.715. The summed E-state index contributed by atoms with van der Waals surface area (Å²) < 4.78 is 32.4. The number of hydrogen-bond acceptors (Lipinski definition) is 5. The van der Waals surface area contributed by atoms with Crippen molar-refractivity contribution in [3.05, 3.63) is 53.1 Å². The lowest BCUT2D eigenvalue weighted by Crippen LogP contribution is -2.23. The first-order valence-electron chi connectivity index (χ1n) is 8.13. The highest BCUT2D eigenvalue weighted by Gasteiger charge is 2.23. The molecule has 27 heavy (non-hydrogen) atoms. The van der Waals surface area contributed by atoms with Gasteiger partial charge in [-0.15, -0.1) is 0 Å². The molecule has 1 amide bonds. The molecule has 0 saturated carbocycles. The summed E-state index contributed by atoms with van der Waals surface area (Å²) in [6.45, 7) is 0.619. The topological polar surface area (TPSA) is 92.8 Å². The molecule has 3 rings (SSSR count). The van der Waals surface area contributed by atoms with Gasteiger partial charge < -0.3 is 9.64 Å². The molecule has 0 radical (unpaired) electrons. The molecule has 0 aliphatic carbocycles. The number of esters is 1. The average molecular weight is 409 g/mol. The number of amides is 1. The molecule has 1 aliphatic rings. The van der Waals surface area contributed by atoms with Crippen molar-refractivity contribution >= 4 is 44.9 Å². The predicted octanol–water partition coefficient (Wildman–Crippen LogP) is 3.05. The highest BCUT2D eigenvalue weighted by molar-refractivity contribution is 7.92. The summed E-state index contributed by atoms with van der Waals surface area (Å²) in [5.74, 6) is -0.669. The number of nitrogens with one attached hydrogen (secondary N) is 1. The monoisotopic (exact) mass is 408 g/mol. The van der Waals surface area contributed by atoms with E-state index in [2.05, 4.69) is 9.46 Å². The number of anilines is 2. The van der Waals surface area contributed by atoms with Gasteiger partial charge in [-0.05, 0) is 48.9 Å². The number of benzene rings is 2. The van der Waals surface area contributed by atoms with Gasteiger partial charge in [-0.2, -0.15) is 0 Å². The quantitative estimate of drug-likeness (QED) is 0.767. The van der Waals surface area contributed by atoms with Crippen LogP contribution in [0.5, 0.6) is 0 Å². The minimum atomic E-state index is -3.97. The van der Waals surface area contributed by atoms with Crippen LogP contribution >= 0.6 is 11.6 Å². The number of carbonyl (C=O) groups excluding carboxylic acids is 2. The third kappa shape index (κ3) is 4.06. The summed E-state index contributed by atoms with van der Waals surface area (Å²) >= 11 is 5.92. The number of sulfonamides is 1. The maximum Gasteiger partial charge on any atom is 0.339 e. The van der Waals surface area contributed by atoms with Gasteiger partial charge in [-0.3, -0.25) is 9.52 Å². The van der Waals surface area contributed by atoms with Gasteiger partial charge in [0.15, 0.2) is 0 Å². The van der Waals surface area contributed by atoms with Crippen molar-refractivity contribution in [2.24, 2.45) is 0 Å². The van der Waals surface area contributed by atoms with Crippen molar-refractivity contribution in [1.29, 1.82) is 0 Å². The average Bonchev–Trinajstić information content (AvgIpc) is 3.07. The molecule has 2 aromatic carbocycles. The highest BCUT2D eigenvalue weighted by atomic mass is 35.5. The Morgan fingerprint density at radius 1 is 1.19 bits per heavy atom. The van der Waals surface area contributed by atoms with Crippen LogP contribution in [0, 0.1) is 0 Å². The second-order valence-corrected chi connectivity index (χ2v) is 8.05. The van der Waals surface area contributed by atoms with Crippen molar-refractivity contribution in [2.75, 3.05) is 23.3 Å². The van der Waals surface area contributed by atoms with Gasteiger partial charge in [-0.25, -0.2) is 13.2 Å². The zero-order valence-electron chi connectivity index (χ0n) is 14.4. The second-order valence-electron chi connectivity index (χ2n) is 5.93. The molecular weight excluding hydrogens is 392 g/mol. The van der Waals surface area contributed by atoms with Gasteiger partial charge in [0.2, 0.25) is 5.91 Å². The Balaban J connectivity index is 1.88. The minimum Gasteiger partial charge on any atom is -0.465 e. The van der Waals surface area contributed by atoms with E-state index in [4.69, 9.17) is 11.6 Å². The molecule has 0 bridgehead atoms. The molecule has 0 spiro atoms. The molecule has 2 aromatic rings. The zero-order valence-corrected chi connectivity index (χ0v) is 16.0. The molecule has 1 heterocycles. The second kappa shape index (κ2) is 7.58. The van der Waals surface area contributed by atoms with Crippen LogP contribution in [0.4, 0.5) is 11.4 Å². The minimum absolute atomic E-state index is 0.00585. The number of carbonyl (C=O) groups is 2. The van der Waals surface area contributed by atoms with Crippen LogP contribution in [0.1, 0.15) is 23.2 Å². The number of halogens is 1. The van der Waals surface area contributed by atoms with Crippen LogP contribution < -0.4 is 9.62 Å². The van der Waals surface area contributed by atoms with E-state index >= 15 is 0 Å². The third-order valence-corrected chi connectivity index (χ3v) is 5.78. The molecule has 1 N–H and O–H groups in total. The number of nitrogens with zero attached hydrogens (tertiary/aromatic N) is 1. The normalized spacial score (nSPS) is 14.3. The van der Waals surface area contributed by atoms with E-state index in [9.17, 15) is 18.0 Å². The summed E-state index contributed by atoms with van der Waals surface area (Å²) in [5, 5.41) is 0.267. The van der Waals surface area contributed by atoms with E-state index in [1.165, 1.54) is 37.4 Å². The summed E-state index contributed by atoms with van der Waals surface area (Å²) in [6, 6.07) is 10.2. The van der Waals surface area contributed by atoms with E-state index in [1.807, 2.05) is 0 Å². The number of ether oxygens (including phenoxy) is 1. The summed E-state index contributed by atoms with van der Waals surface area (Å²) in [7, 11) is -2.77. The Labute approximate surface area is 161 Å². The van der Waals surface area contributed by atoms with Crippen molar-refractivity contribution in [2.45, 2.75) is 17.7 Å². The lowest BCUT2D eigenvalue weighted by Gasteiger charge is -2.16. The molecule has 1 aliphatic heterocycles. The predicted molar refractivity (Wildman–Crippen MR) is 102 cm³/mol. The van der Waals surface area contributed by atoms with Crippen LogP contribution in [0.3, 0.4) is 0 Å². The highest BCUT2D eigenvalue weighted by Crippen LogP contribution is 2.27. The van der Waals surface area contributed by atoms with Gasteiger partial charge in [-0.1, -0.05) is 11.6 Å². The van der Waals surface area contributed by atoms with Crippen LogP contribution in [0.25, 0.3) is 0 Å². The van der Waals surface area contributed by atoms with E-state index in [0.29, 0.717) is 18.7 Å². The van der Waals surface area contributed by atoms with E-state index in [0.717, 1.165) is 6.42 Å². The lowest BCUT2D eigenvalue weighted by molar-refractivity contribution is -0.117. The molecule has 1 saturated heterocycles. The Morgan fingerprint density at radius 3 is 2.48 bits per heavy atom. The van der Waals surface area contributed by atoms with Crippen LogP contribution in [-0.2, 0) is 19.6 Å². The number of hydrogen-bond donors (Lipinski definition) is 1. The van der Waals surface area contributed by atoms with Crippen molar-refractivity contribution in [3.8, 4) is 0 Å². The van der Waals surface area contributed by atoms with Gasteiger partial charge >= 0.3 is 5.97 Å². The fraction of sp³-hybridized carbons (Fsp3) is 0.222. The maximum atomic E-state index is 12.7. The van der Waals surface area contributed by atoms with Crippen LogP contribution in [0.2, 0.25) is 5.02 Å². The zero-order chi connectivity index (χ0) is 19.6. The fourth-order valence-electron chi connectivity index (χ4n) is 2.82. The molecule has 0 atom stereocenters. The largest absolute Gasteiger partial charge is 0.465 e. The molecular formula is C18H17ClN2O5S. The molecule has 1 fully saturated rings. The van der Waals surface area contributed by atoms with Crippen molar-refractivity contribution in [3.63, 3.8) is 0 Å². The van der Waals surface area contributed by atoms with Gasteiger partial charge in [0.05, 0.1) is 23.3 Å². The van der Waals surface area contributed by atoms with E-state index in [1.54, 1.807) is 17.0 Å². The molecule has 9 heteroatoms. The number of rotatable bonds is 5. The standard InChI is InChI=1S/C18H17ClN2O5S/c1-26-18(23)15-9-4-12(19)11-16(15)20-27(24,25)14-7-5-13(6-8-14)21-10-2-3-17(21)22/h4-9,11,20H,2-3,10H2,1H3. The van der Waals surface area contributed by atoms with Crippen LogP contribution in [0.15, 0.2) is 47.4 Å². The third-order valence-electron chi connectivity index (χ3n) is 4.16. The smallest absolute Gasteiger partial charge is 0.339 e. The lowest BCUT2D eigenvalue weighted by atomic mass is 10.2. The van der Waals surface area contributed by atoms with Crippen molar-refractivity contribution < 1.29 is 22.7 Å². The Kier molecular flexibility index (Phi) is 5.38. The first-order valence-corrected chi connectivity index (χ1v) is 9.99. The summed E-state index contributed by atoms with van der Waals surface area (Å²) in [4.78, 5) is 25.3. The molecule has 0 aromatic heterocycles. The van der Waals surface area contributed by atoms with Gasteiger partial charge in [0.25, 0.3) is 10.0 Å². The number of methoxy groups -OCH3 is 1. The summed E-state index contributed by atoms with van der Waals surface area (Å²) in [6.07, 6.45) is 1.28. The van der Waals surface area contributed by atoms with Crippen molar-refractivity contribution in [1.82, 2.24) is 0 Å². The maximum absolute atomic E-state index is 12.7. The Morgan fingerprint density at radius 2 is 1.89 bits per heavy atom. The van der Waals surface area contributed by atoms with E-state index < -0.39 is 16.0 Å². The Hall–Kier alpha value is -2.58. The SMILES string of the molecule is COC(=O)c1ccc(Cl)cc1NS(=O)(=O)c1ccc(N2CCCC2=O)cc1.